The fourth-order valence-electron chi connectivity index (χ4n) is 3.99. The van der Waals surface area contributed by atoms with Crippen LogP contribution in [0.4, 0.5) is 10.2 Å². The number of ether oxygens (including phenoxy) is 1. The Morgan fingerprint density at radius 2 is 2.22 bits per heavy atom. The first-order chi connectivity index (χ1) is 21.1. The number of aromatic nitrogens is 5. The van der Waals surface area contributed by atoms with Crippen LogP contribution in [-0.4, -0.2) is 83.5 Å². The normalized spacial score (nSPS) is 35.9. The molecule has 2 heterocycles. The minimum Gasteiger partial charge on any atom is -0.394 e. The molecule has 0 spiro atoms. The molecule has 194 valence electrons. The van der Waals surface area contributed by atoms with Crippen molar-refractivity contribution in [3.63, 3.8) is 0 Å². The number of rotatable bonds is 10. The number of aliphatic hydroxyl groups is 3. The Labute approximate surface area is 226 Å². The fourth-order valence-corrected chi connectivity index (χ4v) is 4.54. The first kappa shape index (κ1) is 15.8. The zero-order valence-electron chi connectivity index (χ0n) is 29.3. The number of nitrogens with one attached hydrogen (secondary N) is 1. The number of halogens is 1. The smallest absolute Gasteiger partial charge is 0.191 e. The topological polar surface area (TPSA) is 138 Å². The van der Waals surface area contributed by atoms with E-state index >= 15 is 0 Å². The van der Waals surface area contributed by atoms with E-state index in [0.29, 0.717) is 11.8 Å². The molecule has 6 atom stereocenters. The molecule has 10 nitrogen and oxygen atoms in total. The number of anilines is 1. The molecule has 36 heavy (non-hydrogen) atoms. The summed E-state index contributed by atoms with van der Waals surface area (Å²) in [6.45, 7) is -0.689. The molecule has 0 saturated heterocycles. The van der Waals surface area contributed by atoms with Crippen LogP contribution in [0.15, 0.2) is 23.3 Å². The Bertz CT molecular complexity index is 1650. The van der Waals surface area contributed by atoms with E-state index in [1.807, 2.05) is 0 Å². The summed E-state index contributed by atoms with van der Waals surface area (Å²) >= 11 is 0.603. The quantitative estimate of drug-likeness (QED) is 0.229. The number of thioether (sulfide) groups is 1. The van der Waals surface area contributed by atoms with Gasteiger partial charge in [-0.1, -0.05) is 36.0 Å². The summed E-state index contributed by atoms with van der Waals surface area (Å²) in [5, 5.41) is 41.3. The van der Waals surface area contributed by atoms with Gasteiger partial charge in [0.25, 0.3) is 0 Å². The van der Waals surface area contributed by atoms with Gasteiger partial charge in [-0.05, 0) is 36.9 Å². The van der Waals surface area contributed by atoms with E-state index in [-0.39, 0.29) is 40.5 Å². The average Bonchev–Trinajstić information content (AvgIpc) is 3.27. The highest BCUT2D eigenvalue weighted by atomic mass is 32.2. The first-order valence-electron chi connectivity index (χ1n) is 16.2. The van der Waals surface area contributed by atoms with Crippen molar-refractivity contribution in [2.45, 2.75) is 74.5 Å². The second kappa shape index (κ2) is 10.5. The van der Waals surface area contributed by atoms with Crippen molar-refractivity contribution < 1.29 is 38.2 Å². The molecule has 1 aromatic carbocycles. The van der Waals surface area contributed by atoms with Gasteiger partial charge in [0, 0.05) is 29.5 Å². The van der Waals surface area contributed by atoms with Crippen molar-refractivity contribution >= 4 is 28.7 Å². The van der Waals surface area contributed by atoms with Crippen LogP contribution in [0.3, 0.4) is 0 Å². The minimum atomic E-state index is -2.70. The molecule has 0 aliphatic heterocycles. The van der Waals surface area contributed by atoms with E-state index in [1.165, 1.54) is 6.92 Å². The van der Waals surface area contributed by atoms with Gasteiger partial charge in [0.05, 0.1) is 33.5 Å². The first-order valence-corrected chi connectivity index (χ1v) is 12.0. The predicted molar refractivity (Wildman–Crippen MR) is 133 cm³/mol. The van der Waals surface area contributed by atoms with Crippen molar-refractivity contribution in [3.8, 4) is 0 Å². The number of fused-ring (bicyclic) bond motifs is 1. The zero-order valence-corrected chi connectivity index (χ0v) is 20.1. The Kier molecular flexibility index (Phi) is 4.62. The van der Waals surface area contributed by atoms with Gasteiger partial charge in [0.1, 0.15) is 18.0 Å². The van der Waals surface area contributed by atoms with Crippen LogP contribution in [0.1, 0.15) is 62.9 Å². The van der Waals surface area contributed by atoms with E-state index in [1.54, 1.807) is 6.92 Å². The van der Waals surface area contributed by atoms with Gasteiger partial charge in [-0.2, -0.15) is 0 Å². The molecule has 12 heteroatoms. The van der Waals surface area contributed by atoms with E-state index in [9.17, 15) is 19.7 Å². The SMILES string of the molecule is [2H]c1c([2H])c([C@@H]2C([2H])([2H])[C@@]2([2H])Nc2nc(SC([2H])([2H])CC)nc3c2nnn3[C@@H]2C[C@H](OCC([2H])([2H])O)[C@@H](O)[C@H]2O)c([2H])c(F)c1C. The standard InChI is InChI=1S/C24H31FN6O4S/c1-3-8-36-24-27-22(26-16-10-14(16)13-5-4-12(2)15(25)9-13)19-23(28-24)31(30-29-19)17-11-18(35-7-6-32)21(34)20(17)33/h4-5,9,14,16-18,20-21,32-34H,3,6-8,10-11H2,1-2H3,(H,26,27,28)/t14-,16+,17+,18-,20-,21+/m0/s1/i4D,5D,6D2,8D2,9D,10D2,16D. The second-order valence-corrected chi connectivity index (χ2v) is 9.15. The molecule has 5 rings (SSSR count). The van der Waals surface area contributed by atoms with Crippen molar-refractivity contribution in [3.05, 3.63) is 35.1 Å². The number of hydrogen-bond acceptors (Lipinski definition) is 10. The van der Waals surface area contributed by atoms with Crippen molar-refractivity contribution in [2.24, 2.45) is 0 Å². The molecule has 2 fully saturated rings. The van der Waals surface area contributed by atoms with E-state index in [4.69, 9.17) is 18.4 Å². The van der Waals surface area contributed by atoms with Crippen LogP contribution in [0.2, 0.25) is 0 Å². The summed E-state index contributed by atoms with van der Waals surface area (Å²) in [6, 6.07) is -5.38. The van der Waals surface area contributed by atoms with Gasteiger partial charge in [-0.3, -0.25) is 0 Å². The lowest BCUT2D eigenvalue weighted by molar-refractivity contribution is -0.0629. The minimum absolute atomic E-state index is 0.0320. The summed E-state index contributed by atoms with van der Waals surface area (Å²) in [4.78, 5) is 8.64. The number of aliphatic hydroxyl groups excluding tert-OH is 2. The lowest BCUT2D eigenvalue weighted by Gasteiger charge is -2.17. The van der Waals surface area contributed by atoms with Crippen LogP contribution in [0.5, 0.6) is 0 Å². The highest BCUT2D eigenvalue weighted by Gasteiger charge is 2.45. The predicted octanol–water partition coefficient (Wildman–Crippen LogP) is 2.18. The molecule has 2 aliphatic rings. The molecule has 0 bridgehead atoms. The molecule has 2 saturated carbocycles. The Hall–Kier alpha value is -2.38. The van der Waals surface area contributed by atoms with Crippen molar-refractivity contribution in [1.29, 1.82) is 0 Å². The Morgan fingerprint density at radius 3 is 3.00 bits per heavy atom. The lowest BCUT2D eigenvalue weighted by Crippen LogP contribution is -2.33. The molecule has 3 aromatic rings. The summed E-state index contributed by atoms with van der Waals surface area (Å²) in [6.07, 6.45) is -6.81. The van der Waals surface area contributed by atoms with Crippen molar-refractivity contribution in [2.75, 3.05) is 24.2 Å². The summed E-state index contributed by atoms with van der Waals surface area (Å²) in [5.74, 6) is -3.00. The Morgan fingerprint density at radius 1 is 1.39 bits per heavy atom. The average molecular weight is 529 g/mol. The van der Waals surface area contributed by atoms with Crippen molar-refractivity contribution in [1.82, 2.24) is 25.0 Å². The monoisotopic (exact) mass is 528 g/mol. The highest BCUT2D eigenvalue weighted by molar-refractivity contribution is 7.99. The fraction of sp³-hybridized carbons (Fsp3) is 0.583. The van der Waals surface area contributed by atoms with Crippen LogP contribution in [0.25, 0.3) is 11.2 Å². The molecular formula is C24H31FN6O4S. The number of nitrogens with zero attached hydrogens (tertiary/aromatic N) is 5. The third-order valence-corrected chi connectivity index (χ3v) is 6.69. The maximum atomic E-state index is 14.8. The highest BCUT2D eigenvalue weighted by Crippen LogP contribution is 2.44. The molecule has 2 aliphatic carbocycles. The van der Waals surface area contributed by atoms with E-state index in [2.05, 4.69) is 25.6 Å². The molecule has 2 aromatic heterocycles. The zero-order chi connectivity index (χ0) is 34.3. The van der Waals surface area contributed by atoms with Gasteiger partial charge < -0.3 is 25.4 Å². The number of benzene rings is 1. The molecule has 0 radical (unpaired) electrons. The molecule has 4 N–H and O–H groups in total. The summed E-state index contributed by atoms with van der Waals surface area (Å²) in [5.41, 5.74) is -2.88. The van der Waals surface area contributed by atoms with Crippen LogP contribution >= 0.6 is 11.8 Å². The summed E-state index contributed by atoms with van der Waals surface area (Å²) < 4.78 is 103. The van der Waals surface area contributed by atoms with Crippen LogP contribution < -0.4 is 5.32 Å². The maximum Gasteiger partial charge on any atom is 0.191 e. The molecular weight excluding hydrogens is 487 g/mol. The second-order valence-electron chi connectivity index (χ2n) is 8.30. The summed E-state index contributed by atoms with van der Waals surface area (Å²) in [7, 11) is 0. The molecule has 0 amide bonds. The van der Waals surface area contributed by atoms with Crippen LogP contribution in [-0.2, 0) is 4.74 Å². The van der Waals surface area contributed by atoms with Gasteiger partial charge in [0.2, 0.25) is 0 Å². The number of hydrogen-bond donors (Lipinski definition) is 4. The van der Waals surface area contributed by atoms with Gasteiger partial charge in [0.15, 0.2) is 22.1 Å². The third kappa shape index (κ3) is 4.92. The molecule has 0 unspecified atom stereocenters. The van der Waals surface area contributed by atoms with Gasteiger partial charge in [-0.25, -0.2) is 19.0 Å². The van der Waals surface area contributed by atoms with Crippen LogP contribution in [0, 0.1) is 12.7 Å². The van der Waals surface area contributed by atoms with Gasteiger partial charge in [-0.15, -0.1) is 5.10 Å². The van der Waals surface area contributed by atoms with E-state index < -0.39 is 91.0 Å². The Balaban J connectivity index is 1.57. The van der Waals surface area contributed by atoms with Gasteiger partial charge >= 0.3 is 0 Å². The maximum absolute atomic E-state index is 14.8. The lowest BCUT2D eigenvalue weighted by atomic mass is 10.1. The largest absolute Gasteiger partial charge is 0.394 e. The third-order valence-electron chi connectivity index (χ3n) is 5.89. The van der Waals surface area contributed by atoms with E-state index in [0.717, 1.165) is 4.68 Å².